The third-order valence-corrected chi connectivity index (χ3v) is 18.0. The number of benzene rings is 2. The Hall–Kier alpha value is -11.2. The maximum Gasteiger partial charge on any atom is 0.326 e. The number of carbonyl (C=O) groups excluding carboxylic acids is 13. The van der Waals surface area contributed by atoms with Crippen LogP contribution in [0.1, 0.15) is 108 Å². The first kappa shape index (κ1) is 92.2. The number of hydrogen-bond donors (Lipinski definition) is 26. The van der Waals surface area contributed by atoms with E-state index < -0.39 is 223 Å². The molecule has 2 heterocycles. The number of rotatable bonds is 52. The van der Waals surface area contributed by atoms with E-state index in [0.717, 1.165) is 6.92 Å². The molecule has 2 aromatic carbocycles. The summed E-state index contributed by atoms with van der Waals surface area (Å²) >= 11 is 8.41. The van der Waals surface area contributed by atoms with Gasteiger partial charge in [0.05, 0.1) is 25.0 Å². The number of nitrogens with two attached hydrogens (primary N) is 7. The highest BCUT2D eigenvalue weighted by atomic mass is 32.1. The number of guanidine groups is 1. The fourth-order valence-electron chi connectivity index (χ4n) is 11.3. The number of aliphatic imine (C=N–C) groups is 1. The Balaban J connectivity index is 1.56. The fraction of sp³-hybridized carbons (Fsp3) is 0.515. The number of thiol groups is 2. The molecule has 13 amide bonds. The minimum Gasteiger partial charge on any atom is -0.481 e. The number of carboxylic acids is 3. The first-order valence-corrected chi connectivity index (χ1v) is 36.7. The summed E-state index contributed by atoms with van der Waals surface area (Å²) in [6, 6.07) is -6.48. The number of nitrogens with zero attached hydrogens (tertiary/aromatic N) is 1. The van der Waals surface area contributed by atoms with Gasteiger partial charge in [-0.15, -0.1) is 0 Å². The van der Waals surface area contributed by atoms with Gasteiger partial charge in [-0.1, -0.05) is 36.4 Å². The highest BCUT2D eigenvalue weighted by molar-refractivity contribution is 7.80. The molecule has 41 nitrogen and oxygen atoms in total. The molecule has 0 unspecified atom stereocenters. The average Bonchev–Trinajstić information content (AvgIpc) is 1.71. The minimum atomic E-state index is -2.08. The summed E-state index contributed by atoms with van der Waals surface area (Å²) in [7, 11) is 0. The van der Waals surface area contributed by atoms with Crippen LogP contribution in [0.3, 0.4) is 0 Å². The summed E-state index contributed by atoms with van der Waals surface area (Å²) in [6.45, 7) is 1.29. The van der Waals surface area contributed by atoms with Crippen molar-refractivity contribution in [3.05, 3.63) is 72.1 Å². The van der Waals surface area contributed by atoms with Crippen molar-refractivity contribution in [2.75, 3.05) is 31.1 Å². The second kappa shape index (κ2) is 47.0. The number of aliphatic hydroxyl groups excluding tert-OH is 1. The number of carbonyl (C=O) groups is 16. The van der Waals surface area contributed by atoms with Crippen LogP contribution in [0.5, 0.6) is 0 Å². The molecular weight excluding hydrogens is 1500 g/mol. The Morgan fingerprint density at radius 1 is 0.423 bits per heavy atom. The molecule has 0 radical (unpaired) electrons. The van der Waals surface area contributed by atoms with Gasteiger partial charge >= 0.3 is 17.9 Å². The normalized spacial score (nSPS) is 14.7. The summed E-state index contributed by atoms with van der Waals surface area (Å²) in [6.07, 6.45) is -2.68. The Labute approximate surface area is 647 Å². The van der Waals surface area contributed by atoms with Crippen molar-refractivity contribution >= 4 is 148 Å². The number of H-pyrrole nitrogens is 2. The lowest BCUT2D eigenvalue weighted by atomic mass is 10.0. The van der Waals surface area contributed by atoms with Crippen LogP contribution in [0.15, 0.2) is 65.9 Å². The summed E-state index contributed by atoms with van der Waals surface area (Å²) in [5.41, 5.74) is 41.6. The largest absolute Gasteiger partial charge is 0.481 e. The SMILES string of the molecule is C[C@@H](O)[C@H](NC(=O)[C@H](CCC(=O)O)NC(=O)[C@H](Cc1c[nH]c2ccccc12)NC(=O)[C@@H](N)CC(=O)O)C(=O)N[C@@H](CC(N)=O)C(=O)N[C@@H](CS)C(=O)N[C@@H](CS)C(=O)N[C@@H](CCCN=C(N)N)C(=O)N[C@@H](CCCCN)C(=O)N[C@@H](CCC(N)=O)C(=O)N[C@@H](Cc1c[nH]c2ccccc12)C(=O)N[C@@H](CCCCN)C(=O)O. The minimum absolute atomic E-state index is 0.00808. The van der Waals surface area contributed by atoms with Crippen LogP contribution in [0, 0.1) is 0 Å². The van der Waals surface area contributed by atoms with E-state index in [1.165, 1.54) is 6.20 Å². The van der Waals surface area contributed by atoms with E-state index in [2.05, 4.69) is 98.7 Å². The number of para-hydroxylation sites is 2. The van der Waals surface area contributed by atoms with Gasteiger partial charge < -0.3 is 129 Å². The number of nitrogens with one attached hydrogen (secondary N) is 13. The van der Waals surface area contributed by atoms with Crippen molar-refractivity contribution in [3.8, 4) is 0 Å². The van der Waals surface area contributed by atoms with Crippen LogP contribution in [0.2, 0.25) is 0 Å². The molecule has 0 aliphatic carbocycles. The molecule has 43 heteroatoms. The molecule has 0 aliphatic heterocycles. The van der Waals surface area contributed by atoms with Gasteiger partial charge in [0, 0.05) is 77.9 Å². The lowest BCUT2D eigenvalue weighted by Crippen LogP contribution is -2.62. The fourth-order valence-corrected chi connectivity index (χ4v) is 11.8. The molecule has 0 saturated heterocycles. The number of carboxylic acid groups (broad SMARTS) is 3. The van der Waals surface area contributed by atoms with Crippen molar-refractivity contribution in [3.63, 3.8) is 0 Å². The summed E-state index contributed by atoms with van der Waals surface area (Å²) in [5.74, 6) is -20.2. The van der Waals surface area contributed by atoms with Gasteiger partial charge in [0.2, 0.25) is 76.8 Å². The standard InChI is InChI=1S/C68H101N21O20S2/c1-33(90)55(89-60(101)44(19-21-53(93)94)82-61(102)46(84-56(97)38(71)27-54(95)96)25-34-29-77-39-13-4-2-11-36(34)39)66(107)86-48(28-52(73)92)63(104)87-50(32-111)65(106)88-49(31-110)64(105)80-42(17-10-24-76-68(74)75)58(99)79-41(15-6-8-22-69)57(98)81-43(18-20-51(72)91)59(100)85-47(26-35-30-78-40-14-5-3-12-37(35)40)62(103)83-45(67(108)109)16-7-9-23-70/h2-5,11-14,29-30,33,38,41-50,55,77-78,90,110-111H,6-10,15-28,31-32,69-71H2,1H3,(H2,72,91)(H2,73,92)(H,79,99)(H,80,105)(H,81,98)(H,82,102)(H,83,103)(H,84,97)(H,85,100)(H,86,107)(H,87,104)(H,88,106)(H,89,101)(H,93,94)(H,95,96)(H,108,109)(H4,74,75,76)/t33-,38+,41+,42+,43+,44+,45+,46+,47+,48+,49+,50+,55+/m1/s1. The number of aromatic amines is 2. The molecule has 0 bridgehead atoms. The number of hydrogen-bond acceptors (Lipinski definition) is 23. The van der Waals surface area contributed by atoms with Gasteiger partial charge in [0.1, 0.15) is 66.5 Å². The number of amides is 13. The van der Waals surface area contributed by atoms with Crippen LogP contribution in [0.25, 0.3) is 21.8 Å². The molecule has 111 heavy (non-hydrogen) atoms. The van der Waals surface area contributed by atoms with E-state index in [4.69, 9.17) is 40.1 Å². The summed E-state index contributed by atoms with van der Waals surface area (Å²) < 4.78 is 0. The van der Waals surface area contributed by atoms with E-state index in [9.17, 15) is 97.1 Å². The molecule has 2 aromatic heterocycles. The second-order valence-electron chi connectivity index (χ2n) is 26.0. The van der Waals surface area contributed by atoms with Crippen LogP contribution in [0.4, 0.5) is 0 Å². The predicted molar refractivity (Wildman–Crippen MR) is 407 cm³/mol. The Morgan fingerprint density at radius 2 is 0.793 bits per heavy atom. The van der Waals surface area contributed by atoms with E-state index in [0.29, 0.717) is 52.2 Å². The van der Waals surface area contributed by atoms with Crippen molar-refractivity contribution in [2.24, 2.45) is 45.1 Å². The average molecular weight is 1600 g/mol. The number of aromatic nitrogens is 2. The van der Waals surface area contributed by atoms with Gasteiger partial charge in [-0.25, -0.2) is 4.79 Å². The number of aliphatic hydroxyl groups is 1. The number of aliphatic carboxylic acids is 3. The number of primary amides is 2. The van der Waals surface area contributed by atoms with Gasteiger partial charge in [-0.3, -0.25) is 76.9 Å². The van der Waals surface area contributed by atoms with E-state index in [-0.39, 0.29) is 70.5 Å². The first-order valence-electron chi connectivity index (χ1n) is 35.4. The molecular formula is C68H101N21O20S2. The summed E-state index contributed by atoms with van der Waals surface area (Å²) in [4.78, 5) is 226. The lowest BCUT2D eigenvalue weighted by molar-refractivity contribution is -0.142. The molecule has 0 aliphatic rings. The van der Waals surface area contributed by atoms with Crippen LogP contribution < -0.4 is 98.6 Å². The maximum atomic E-state index is 14.5. The summed E-state index contributed by atoms with van der Waals surface area (Å²) in [5, 5.41) is 67.5. The van der Waals surface area contributed by atoms with E-state index >= 15 is 0 Å². The number of unbranched alkanes of at least 4 members (excludes halogenated alkanes) is 2. The predicted octanol–water partition coefficient (Wildman–Crippen LogP) is -6.79. The molecule has 0 fully saturated rings. The Kier molecular flexibility index (Phi) is 39.1. The molecule has 13 atom stereocenters. The maximum absolute atomic E-state index is 14.5. The van der Waals surface area contributed by atoms with Gasteiger partial charge in [-0.2, -0.15) is 25.3 Å². The Morgan fingerprint density at radius 3 is 1.21 bits per heavy atom. The van der Waals surface area contributed by atoms with Gasteiger partial charge in [0.15, 0.2) is 5.96 Å². The molecule has 0 spiro atoms. The van der Waals surface area contributed by atoms with Crippen LogP contribution >= 0.6 is 25.3 Å². The van der Waals surface area contributed by atoms with Crippen molar-refractivity contribution in [1.29, 1.82) is 0 Å². The van der Waals surface area contributed by atoms with Crippen molar-refractivity contribution in [2.45, 2.75) is 188 Å². The third kappa shape index (κ3) is 31.4. The quantitative estimate of drug-likeness (QED) is 0.00846. The van der Waals surface area contributed by atoms with Crippen LogP contribution in [-0.2, 0) is 89.6 Å². The van der Waals surface area contributed by atoms with Gasteiger partial charge in [-0.05, 0) is 107 Å². The number of fused-ring (bicyclic) bond motifs is 2. The topological polar surface area (TPSA) is 712 Å². The Bertz CT molecular complexity index is 3950. The zero-order valence-corrected chi connectivity index (χ0v) is 62.6. The van der Waals surface area contributed by atoms with Crippen molar-refractivity contribution in [1.82, 2.24) is 68.5 Å². The molecule has 610 valence electrons. The molecule has 0 saturated carbocycles. The highest BCUT2D eigenvalue weighted by Crippen LogP contribution is 2.22. The lowest BCUT2D eigenvalue weighted by Gasteiger charge is -2.28. The monoisotopic (exact) mass is 1600 g/mol. The zero-order valence-electron chi connectivity index (χ0n) is 60.8. The molecule has 31 N–H and O–H groups in total. The van der Waals surface area contributed by atoms with Crippen molar-refractivity contribution < 1.29 is 97.1 Å². The highest BCUT2D eigenvalue weighted by Gasteiger charge is 2.39. The van der Waals surface area contributed by atoms with Gasteiger partial charge in [0.25, 0.3) is 0 Å². The smallest absolute Gasteiger partial charge is 0.326 e. The first-order chi connectivity index (χ1) is 52.6. The second-order valence-corrected chi connectivity index (χ2v) is 26.7. The van der Waals surface area contributed by atoms with E-state index in [1.54, 1.807) is 54.7 Å². The van der Waals surface area contributed by atoms with E-state index in [1.807, 2.05) is 0 Å². The zero-order chi connectivity index (χ0) is 82.6. The van der Waals surface area contributed by atoms with Crippen LogP contribution in [-0.4, -0.2) is 241 Å². The third-order valence-electron chi connectivity index (χ3n) is 17.2. The molecule has 4 aromatic rings. The molecule has 4 rings (SSSR count).